The van der Waals surface area contributed by atoms with Gasteiger partial charge in [-0.25, -0.2) is 4.79 Å². The Kier molecular flexibility index (Phi) is 3.43. The molecule has 0 aliphatic carbocycles. The summed E-state index contributed by atoms with van der Waals surface area (Å²) in [5.74, 6) is 0. The Morgan fingerprint density at radius 2 is 2.00 bits per heavy atom. The Balaban J connectivity index is 2.84. The fraction of sp³-hybridized carbons (Fsp3) is 0.308. The fourth-order valence-corrected chi connectivity index (χ4v) is 2.52. The molecular weight excluding hydrogens is 232 g/mol. The van der Waals surface area contributed by atoms with Crippen LogP contribution in [0.4, 0.5) is 0 Å². The lowest BCUT2D eigenvalue weighted by Crippen LogP contribution is -2.22. The van der Waals surface area contributed by atoms with Crippen LogP contribution < -0.4 is 5.69 Å². The van der Waals surface area contributed by atoms with Gasteiger partial charge in [-0.2, -0.15) is 0 Å². The van der Waals surface area contributed by atoms with Gasteiger partial charge in [0.1, 0.15) is 0 Å². The lowest BCUT2D eigenvalue weighted by molar-refractivity contribution is 0.736. The maximum atomic E-state index is 12.3. The van der Waals surface area contributed by atoms with Crippen LogP contribution in [0.5, 0.6) is 0 Å². The summed E-state index contributed by atoms with van der Waals surface area (Å²) in [6.45, 7) is 4.65. The lowest BCUT2D eigenvalue weighted by atomic mass is 10.3. The molecule has 0 fully saturated rings. The minimum absolute atomic E-state index is 0.0384. The zero-order valence-corrected chi connectivity index (χ0v) is 11.1. The van der Waals surface area contributed by atoms with E-state index in [1.54, 1.807) is 20.9 Å². The van der Waals surface area contributed by atoms with Crippen LogP contribution in [0.1, 0.15) is 13.8 Å². The van der Waals surface area contributed by atoms with E-state index < -0.39 is 0 Å². The molecule has 0 N–H and O–H groups in total. The van der Waals surface area contributed by atoms with Crippen LogP contribution in [0, 0.1) is 0 Å². The van der Waals surface area contributed by atoms with Crippen molar-refractivity contribution in [1.29, 1.82) is 0 Å². The Bertz CT molecular complexity index is 622. The molecule has 2 rings (SSSR count). The van der Waals surface area contributed by atoms with Gasteiger partial charge in [-0.15, -0.1) is 11.8 Å². The number of benzene rings is 1. The lowest BCUT2D eigenvalue weighted by Gasteiger charge is -2.01. The second-order valence-electron chi connectivity index (χ2n) is 3.85. The molecule has 0 unspecified atom stereocenters. The molecule has 1 heterocycles. The molecule has 3 nitrogen and oxygen atoms in total. The molecule has 17 heavy (non-hydrogen) atoms. The molecule has 90 valence electrons. The van der Waals surface area contributed by atoms with E-state index in [1.807, 2.05) is 49.8 Å². The van der Waals surface area contributed by atoms with Gasteiger partial charge in [0, 0.05) is 12.2 Å². The molecule has 0 atom stereocenters. The topological polar surface area (TPSA) is 26.9 Å². The van der Waals surface area contributed by atoms with E-state index in [9.17, 15) is 4.79 Å². The summed E-state index contributed by atoms with van der Waals surface area (Å²) in [6.07, 6.45) is 1.99. The first-order valence-corrected chi connectivity index (χ1v) is 6.89. The van der Waals surface area contributed by atoms with Gasteiger partial charge in [-0.05, 0) is 37.6 Å². The summed E-state index contributed by atoms with van der Waals surface area (Å²) in [4.78, 5) is 12.3. The van der Waals surface area contributed by atoms with Crippen molar-refractivity contribution in [3.8, 4) is 0 Å². The molecule has 0 aliphatic rings. The highest BCUT2D eigenvalue weighted by atomic mass is 32.2. The summed E-state index contributed by atoms with van der Waals surface area (Å²) in [5, 5.41) is 1.99. The van der Waals surface area contributed by atoms with E-state index in [0.29, 0.717) is 6.54 Å². The number of hydrogen-bond donors (Lipinski definition) is 0. The van der Waals surface area contributed by atoms with Crippen molar-refractivity contribution >= 4 is 28.5 Å². The van der Waals surface area contributed by atoms with Gasteiger partial charge in [0.2, 0.25) is 0 Å². The SMILES string of the molecule is CCn1c(=O)n(/C(C)=C/SC)c2ccccc21. The summed E-state index contributed by atoms with van der Waals surface area (Å²) in [6, 6.07) is 7.90. The van der Waals surface area contributed by atoms with Crippen molar-refractivity contribution in [2.45, 2.75) is 20.4 Å². The van der Waals surface area contributed by atoms with Crippen molar-refractivity contribution in [3.63, 3.8) is 0 Å². The summed E-state index contributed by atoms with van der Waals surface area (Å²) >= 11 is 1.61. The molecule has 0 radical (unpaired) electrons. The average molecular weight is 248 g/mol. The Labute approximate surface area is 105 Å². The van der Waals surface area contributed by atoms with Gasteiger partial charge in [0.15, 0.2) is 0 Å². The van der Waals surface area contributed by atoms with Crippen LogP contribution >= 0.6 is 11.8 Å². The van der Waals surface area contributed by atoms with E-state index in [2.05, 4.69) is 0 Å². The number of aromatic nitrogens is 2. The maximum absolute atomic E-state index is 12.3. The minimum Gasteiger partial charge on any atom is -0.292 e. The van der Waals surface area contributed by atoms with Crippen molar-refractivity contribution in [3.05, 3.63) is 40.2 Å². The number of nitrogens with zero attached hydrogens (tertiary/aromatic N) is 2. The zero-order chi connectivity index (χ0) is 12.4. The molecule has 0 aliphatic heterocycles. The second kappa shape index (κ2) is 4.84. The minimum atomic E-state index is 0.0384. The van der Waals surface area contributed by atoms with E-state index in [0.717, 1.165) is 16.7 Å². The van der Waals surface area contributed by atoms with E-state index >= 15 is 0 Å². The number of imidazole rings is 1. The monoisotopic (exact) mass is 248 g/mol. The Hall–Kier alpha value is -1.42. The molecule has 0 amide bonds. The third kappa shape index (κ3) is 1.93. The molecular formula is C13H16N2OS. The van der Waals surface area contributed by atoms with Crippen LogP contribution in [0.2, 0.25) is 0 Å². The summed E-state index contributed by atoms with van der Waals surface area (Å²) in [5.41, 5.74) is 2.97. The van der Waals surface area contributed by atoms with Crippen molar-refractivity contribution < 1.29 is 0 Å². The summed E-state index contributed by atoms with van der Waals surface area (Å²) < 4.78 is 3.57. The van der Waals surface area contributed by atoms with Crippen molar-refractivity contribution in [1.82, 2.24) is 9.13 Å². The highest BCUT2D eigenvalue weighted by molar-refractivity contribution is 8.01. The highest BCUT2D eigenvalue weighted by Crippen LogP contribution is 2.17. The Morgan fingerprint density at radius 1 is 1.35 bits per heavy atom. The van der Waals surface area contributed by atoms with Crippen LogP contribution in [0.25, 0.3) is 16.7 Å². The van der Waals surface area contributed by atoms with Gasteiger partial charge in [-0.3, -0.25) is 9.13 Å². The van der Waals surface area contributed by atoms with Crippen molar-refractivity contribution in [2.75, 3.05) is 6.26 Å². The maximum Gasteiger partial charge on any atom is 0.333 e. The molecule has 1 aromatic carbocycles. The number of aryl methyl sites for hydroxylation is 1. The van der Waals surface area contributed by atoms with E-state index in [-0.39, 0.29) is 5.69 Å². The molecule has 0 saturated heterocycles. The van der Waals surface area contributed by atoms with Gasteiger partial charge >= 0.3 is 5.69 Å². The Morgan fingerprint density at radius 3 is 2.59 bits per heavy atom. The van der Waals surface area contributed by atoms with Crippen LogP contribution in [-0.4, -0.2) is 15.4 Å². The van der Waals surface area contributed by atoms with E-state index in [1.165, 1.54) is 0 Å². The number of para-hydroxylation sites is 2. The van der Waals surface area contributed by atoms with Gasteiger partial charge in [0.25, 0.3) is 0 Å². The second-order valence-corrected chi connectivity index (χ2v) is 4.55. The molecule has 4 heteroatoms. The van der Waals surface area contributed by atoms with Gasteiger partial charge < -0.3 is 0 Å². The quantitative estimate of drug-likeness (QED) is 0.835. The first kappa shape index (κ1) is 12.0. The standard InChI is InChI=1S/C13H16N2OS/c1-4-14-11-7-5-6-8-12(11)15(13(14)16)10(2)9-17-3/h5-9H,4H2,1-3H3/b10-9+. The summed E-state index contributed by atoms with van der Waals surface area (Å²) in [7, 11) is 0. The van der Waals surface area contributed by atoms with Crippen LogP contribution in [0.15, 0.2) is 34.5 Å². The molecule has 1 aromatic heterocycles. The number of hydrogen-bond acceptors (Lipinski definition) is 2. The highest BCUT2D eigenvalue weighted by Gasteiger charge is 2.11. The zero-order valence-electron chi connectivity index (χ0n) is 10.3. The molecule has 0 spiro atoms. The fourth-order valence-electron chi connectivity index (χ4n) is 2.08. The van der Waals surface area contributed by atoms with Gasteiger partial charge in [0.05, 0.1) is 11.0 Å². The van der Waals surface area contributed by atoms with Gasteiger partial charge in [-0.1, -0.05) is 12.1 Å². The third-order valence-corrected chi connectivity index (χ3v) is 3.37. The first-order valence-electron chi connectivity index (χ1n) is 5.61. The van der Waals surface area contributed by atoms with Crippen LogP contribution in [0.3, 0.4) is 0 Å². The largest absolute Gasteiger partial charge is 0.333 e. The van der Waals surface area contributed by atoms with Crippen molar-refractivity contribution in [2.24, 2.45) is 0 Å². The van der Waals surface area contributed by atoms with E-state index in [4.69, 9.17) is 0 Å². The average Bonchev–Trinajstić information content (AvgIpc) is 2.61. The number of thioether (sulfide) groups is 1. The predicted octanol–water partition coefficient (Wildman–Crippen LogP) is 3.00. The smallest absolute Gasteiger partial charge is 0.292 e. The normalized spacial score (nSPS) is 12.3. The molecule has 0 bridgehead atoms. The number of allylic oxidation sites excluding steroid dienone is 1. The number of fused-ring (bicyclic) bond motifs is 1. The predicted molar refractivity (Wildman–Crippen MR) is 75.3 cm³/mol. The molecule has 2 aromatic rings. The first-order chi connectivity index (χ1) is 8.20. The third-order valence-electron chi connectivity index (χ3n) is 2.79. The number of rotatable bonds is 3. The molecule has 0 saturated carbocycles. The van der Waals surface area contributed by atoms with Crippen LogP contribution in [-0.2, 0) is 6.54 Å².